The van der Waals surface area contributed by atoms with Gasteiger partial charge in [0.15, 0.2) is 11.5 Å². The lowest BCUT2D eigenvalue weighted by Gasteiger charge is -2.10. The number of hydrogen-bond donors (Lipinski definition) is 2. The SMILES string of the molecule is COc1ccc(CNC(=O)c2cc(-c3cccs3)[nH]c(=O)n2)cc1OC. The molecule has 0 aliphatic carbocycles. The summed E-state index contributed by atoms with van der Waals surface area (Å²) >= 11 is 1.47. The Kier molecular flexibility index (Phi) is 5.33. The van der Waals surface area contributed by atoms with E-state index in [2.05, 4.69) is 15.3 Å². The van der Waals surface area contributed by atoms with Crippen molar-refractivity contribution in [3.8, 4) is 22.1 Å². The van der Waals surface area contributed by atoms with Crippen molar-refractivity contribution in [3.63, 3.8) is 0 Å². The first-order chi connectivity index (χ1) is 12.6. The quantitative estimate of drug-likeness (QED) is 0.694. The van der Waals surface area contributed by atoms with Crippen molar-refractivity contribution >= 4 is 17.2 Å². The van der Waals surface area contributed by atoms with E-state index in [1.54, 1.807) is 32.4 Å². The van der Waals surface area contributed by atoms with Crippen LogP contribution in [-0.2, 0) is 6.54 Å². The molecule has 2 N–H and O–H groups in total. The molecule has 0 atom stereocenters. The highest BCUT2D eigenvalue weighted by molar-refractivity contribution is 7.13. The maximum Gasteiger partial charge on any atom is 0.346 e. The first-order valence-corrected chi connectivity index (χ1v) is 8.63. The molecule has 1 amide bonds. The molecule has 0 spiro atoms. The van der Waals surface area contributed by atoms with Gasteiger partial charge >= 0.3 is 5.69 Å². The Bertz CT molecular complexity index is 967. The molecule has 0 saturated carbocycles. The Balaban J connectivity index is 1.76. The number of thiophene rings is 1. The molecule has 0 aliphatic heterocycles. The van der Waals surface area contributed by atoms with Crippen LogP contribution in [-0.4, -0.2) is 30.1 Å². The van der Waals surface area contributed by atoms with E-state index in [0.717, 1.165) is 10.4 Å². The molecule has 3 aromatic rings. The standard InChI is InChI=1S/C18H17N3O4S/c1-24-14-6-5-11(8-15(14)25-2)10-19-17(22)13-9-12(20-18(23)21-13)16-4-3-7-26-16/h3-9H,10H2,1-2H3,(H,19,22)(H,20,21,23). The van der Waals surface area contributed by atoms with E-state index in [1.807, 2.05) is 23.6 Å². The van der Waals surface area contributed by atoms with Crippen molar-refractivity contribution < 1.29 is 14.3 Å². The fourth-order valence-corrected chi connectivity index (χ4v) is 3.10. The minimum atomic E-state index is -0.563. The van der Waals surface area contributed by atoms with E-state index in [-0.39, 0.29) is 12.2 Å². The number of carbonyl (C=O) groups excluding carboxylic acids is 1. The molecule has 0 aliphatic rings. The van der Waals surface area contributed by atoms with Gasteiger partial charge in [-0.1, -0.05) is 12.1 Å². The van der Waals surface area contributed by atoms with Gasteiger partial charge in [-0.05, 0) is 35.2 Å². The van der Waals surface area contributed by atoms with Gasteiger partial charge in [0.05, 0.1) is 24.8 Å². The molecule has 0 unspecified atom stereocenters. The lowest BCUT2D eigenvalue weighted by atomic mass is 10.2. The number of ether oxygens (including phenoxy) is 2. The van der Waals surface area contributed by atoms with Gasteiger partial charge in [-0.25, -0.2) is 4.79 Å². The summed E-state index contributed by atoms with van der Waals surface area (Å²) in [5, 5.41) is 4.65. The zero-order chi connectivity index (χ0) is 18.5. The number of aromatic nitrogens is 2. The van der Waals surface area contributed by atoms with Crippen LogP contribution in [0.3, 0.4) is 0 Å². The molecule has 0 bridgehead atoms. The largest absolute Gasteiger partial charge is 0.493 e. The van der Waals surface area contributed by atoms with Crippen LogP contribution in [0.2, 0.25) is 0 Å². The number of carbonyl (C=O) groups is 1. The number of amides is 1. The Morgan fingerprint density at radius 1 is 1.19 bits per heavy atom. The van der Waals surface area contributed by atoms with E-state index in [1.165, 1.54) is 11.3 Å². The van der Waals surface area contributed by atoms with Gasteiger partial charge in [-0.2, -0.15) is 4.98 Å². The predicted molar refractivity (Wildman–Crippen MR) is 98.9 cm³/mol. The number of nitrogens with zero attached hydrogens (tertiary/aromatic N) is 1. The summed E-state index contributed by atoms with van der Waals surface area (Å²) < 4.78 is 10.4. The van der Waals surface area contributed by atoms with Gasteiger partial charge in [0, 0.05) is 6.54 Å². The summed E-state index contributed by atoms with van der Waals surface area (Å²) in [6.07, 6.45) is 0. The smallest absolute Gasteiger partial charge is 0.346 e. The third-order valence-electron chi connectivity index (χ3n) is 3.66. The van der Waals surface area contributed by atoms with Crippen LogP contribution >= 0.6 is 11.3 Å². The second kappa shape index (κ2) is 7.83. The van der Waals surface area contributed by atoms with Gasteiger partial charge in [0.1, 0.15) is 5.69 Å². The average Bonchev–Trinajstić information content (AvgIpc) is 3.20. The molecule has 8 heteroatoms. The summed E-state index contributed by atoms with van der Waals surface area (Å²) in [6, 6.07) is 10.7. The molecule has 134 valence electrons. The molecule has 0 fully saturated rings. The maximum absolute atomic E-state index is 12.4. The van der Waals surface area contributed by atoms with Crippen LogP contribution in [0.5, 0.6) is 11.5 Å². The van der Waals surface area contributed by atoms with Crippen molar-refractivity contribution in [1.29, 1.82) is 0 Å². The molecule has 2 aromatic heterocycles. The third kappa shape index (κ3) is 3.92. The Hall–Kier alpha value is -3.13. The summed E-state index contributed by atoms with van der Waals surface area (Å²) in [4.78, 5) is 31.4. The van der Waals surface area contributed by atoms with Crippen molar-refractivity contribution in [2.24, 2.45) is 0 Å². The number of benzene rings is 1. The summed E-state index contributed by atoms with van der Waals surface area (Å²) in [6.45, 7) is 0.266. The van der Waals surface area contributed by atoms with Gasteiger partial charge in [0.2, 0.25) is 0 Å². The van der Waals surface area contributed by atoms with E-state index in [4.69, 9.17) is 9.47 Å². The summed E-state index contributed by atoms with van der Waals surface area (Å²) in [5.41, 5.74) is 0.903. The van der Waals surface area contributed by atoms with Crippen LogP contribution in [0.15, 0.2) is 46.6 Å². The summed E-state index contributed by atoms with van der Waals surface area (Å²) in [7, 11) is 3.11. The molecule has 2 heterocycles. The molecule has 0 radical (unpaired) electrons. The van der Waals surface area contributed by atoms with E-state index >= 15 is 0 Å². The normalized spacial score (nSPS) is 10.4. The molecule has 7 nitrogen and oxygen atoms in total. The first-order valence-electron chi connectivity index (χ1n) is 7.75. The Morgan fingerprint density at radius 3 is 2.69 bits per heavy atom. The van der Waals surface area contributed by atoms with E-state index in [9.17, 15) is 9.59 Å². The number of hydrogen-bond acceptors (Lipinski definition) is 6. The van der Waals surface area contributed by atoms with Crippen LogP contribution in [0.4, 0.5) is 0 Å². The van der Waals surface area contributed by atoms with Crippen molar-refractivity contribution in [3.05, 3.63) is 63.5 Å². The number of nitrogens with one attached hydrogen (secondary N) is 2. The van der Waals surface area contributed by atoms with Gasteiger partial charge in [-0.15, -0.1) is 11.3 Å². The second-order valence-corrected chi connectivity index (χ2v) is 6.28. The van der Waals surface area contributed by atoms with Crippen molar-refractivity contribution in [1.82, 2.24) is 15.3 Å². The molecule has 0 saturated heterocycles. The lowest BCUT2D eigenvalue weighted by molar-refractivity contribution is 0.0945. The monoisotopic (exact) mass is 371 g/mol. The molecule has 3 rings (SSSR count). The highest BCUT2D eigenvalue weighted by Crippen LogP contribution is 2.27. The molecular weight excluding hydrogens is 354 g/mol. The average molecular weight is 371 g/mol. The number of H-pyrrole nitrogens is 1. The predicted octanol–water partition coefficient (Wildman–Crippen LogP) is 2.45. The zero-order valence-corrected chi connectivity index (χ0v) is 15.1. The summed E-state index contributed by atoms with van der Waals surface area (Å²) in [5.74, 6) is 0.761. The number of methoxy groups -OCH3 is 2. The molecule has 1 aromatic carbocycles. The van der Waals surface area contributed by atoms with Crippen LogP contribution in [0, 0.1) is 0 Å². The third-order valence-corrected chi connectivity index (χ3v) is 4.57. The zero-order valence-electron chi connectivity index (χ0n) is 14.2. The minimum absolute atomic E-state index is 0.0672. The highest BCUT2D eigenvalue weighted by Gasteiger charge is 2.12. The highest BCUT2D eigenvalue weighted by atomic mass is 32.1. The molecule has 26 heavy (non-hydrogen) atoms. The van der Waals surface area contributed by atoms with Gasteiger partial charge in [-0.3, -0.25) is 4.79 Å². The van der Waals surface area contributed by atoms with Gasteiger partial charge < -0.3 is 19.8 Å². The van der Waals surface area contributed by atoms with Crippen molar-refractivity contribution in [2.75, 3.05) is 14.2 Å². The maximum atomic E-state index is 12.4. The fraction of sp³-hybridized carbons (Fsp3) is 0.167. The number of rotatable bonds is 6. The Labute approximate surface area is 153 Å². The van der Waals surface area contributed by atoms with Crippen LogP contribution in [0.1, 0.15) is 16.1 Å². The Morgan fingerprint density at radius 2 is 2.00 bits per heavy atom. The second-order valence-electron chi connectivity index (χ2n) is 5.33. The fourth-order valence-electron chi connectivity index (χ4n) is 2.40. The van der Waals surface area contributed by atoms with E-state index in [0.29, 0.717) is 17.2 Å². The van der Waals surface area contributed by atoms with Crippen molar-refractivity contribution in [2.45, 2.75) is 6.54 Å². The minimum Gasteiger partial charge on any atom is -0.493 e. The van der Waals surface area contributed by atoms with Crippen LogP contribution in [0.25, 0.3) is 10.6 Å². The lowest BCUT2D eigenvalue weighted by Crippen LogP contribution is -2.27. The molecular formula is C18H17N3O4S. The first kappa shape index (κ1) is 17.7. The van der Waals surface area contributed by atoms with Gasteiger partial charge in [0.25, 0.3) is 5.91 Å². The van der Waals surface area contributed by atoms with E-state index < -0.39 is 11.6 Å². The number of aromatic amines is 1. The van der Waals surface area contributed by atoms with Crippen LogP contribution < -0.4 is 20.5 Å². The topological polar surface area (TPSA) is 93.3 Å².